The van der Waals surface area contributed by atoms with Crippen LogP contribution in [0.5, 0.6) is 0 Å². The van der Waals surface area contributed by atoms with Crippen LogP contribution < -0.4 is 0 Å². The maximum Gasteiger partial charge on any atom is 0.255 e. The number of carbonyl (C=O) groups excluding carboxylic acids is 1. The van der Waals surface area contributed by atoms with E-state index in [1.165, 1.54) is 16.2 Å². The number of hydrogen-bond acceptors (Lipinski definition) is 2. The van der Waals surface area contributed by atoms with E-state index in [1.807, 2.05) is 23.8 Å². The second-order valence-corrected chi connectivity index (χ2v) is 4.32. The maximum absolute atomic E-state index is 12.3. The maximum atomic E-state index is 12.3. The Bertz CT molecular complexity index is 314. The molecular weight excluding hydrogens is 232 g/mol. The Balaban J connectivity index is 2.53. The number of thiophene rings is 1. The van der Waals surface area contributed by atoms with Crippen LogP contribution in [0.1, 0.15) is 18.9 Å². The van der Waals surface area contributed by atoms with Crippen molar-refractivity contribution in [3.63, 3.8) is 0 Å². The first-order valence-electron chi connectivity index (χ1n) is 5.20. The van der Waals surface area contributed by atoms with Gasteiger partial charge in [-0.25, -0.2) is 8.78 Å². The van der Waals surface area contributed by atoms with E-state index in [0.717, 1.165) is 5.56 Å². The first kappa shape index (κ1) is 13.1. The molecule has 0 aromatic carbocycles. The van der Waals surface area contributed by atoms with Crippen LogP contribution in [0.2, 0.25) is 0 Å². The Morgan fingerprint density at radius 2 is 2.31 bits per heavy atom. The lowest BCUT2D eigenvalue weighted by Crippen LogP contribution is -2.36. The fourth-order valence-electron chi connectivity index (χ4n) is 1.43. The third-order valence-corrected chi connectivity index (χ3v) is 2.87. The first-order valence-corrected chi connectivity index (χ1v) is 6.14. The molecule has 1 aromatic heterocycles. The fraction of sp³-hybridized carbons (Fsp3) is 0.545. The van der Waals surface area contributed by atoms with Gasteiger partial charge in [0.05, 0.1) is 13.0 Å². The van der Waals surface area contributed by atoms with Gasteiger partial charge in [0.1, 0.15) is 0 Å². The van der Waals surface area contributed by atoms with Crippen LogP contribution in [0.4, 0.5) is 8.78 Å². The van der Waals surface area contributed by atoms with E-state index in [2.05, 4.69) is 0 Å². The van der Waals surface area contributed by atoms with Crippen LogP contribution in [-0.4, -0.2) is 30.3 Å². The molecule has 1 rings (SSSR count). The summed E-state index contributed by atoms with van der Waals surface area (Å²) >= 11 is 1.50. The smallest absolute Gasteiger partial charge is 0.255 e. The van der Waals surface area contributed by atoms with E-state index in [-0.39, 0.29) is 12.3 Å². The standard InChI is InChI=1S/C11H15F2NOS/c1-2-4-14(7-10(12)13)11(15)6-9-3-5-16-8-9/h3,5,8,10H,2,4,6-7H2,1H3. The van der Waals surface area contributed by atoms with Gasteiger partial charge in [0.15, 0.2) is 0 Å². The highest BCUT2D eigenvalue weighted by Crippen LogP contribution is 2.09. The van der Waals surface area contributed by atoms with Crippen LogP contribution in [0.15, 0.2) is 16.8 Å². The highest BCUT2D eigenvalue weighted by Gasteiger charge is 2.17. The molecule has 0 unspecified atom stereocenters. The minimum Gasteiger partial charge on any atom is -0.337 e. The van der Waals surface area contributed by atoms with Crippen molar-refractivity contribution in [2.75, 3.05) is 13.1 Å². The lowest BCUT2D eigenvalue weighted by Gasteiger charge is -2.21. The molecule has 0 aliphatic carbocycles. The molecule has 90 valence electrons. The highest BCUT2D eigenvalue weighted by atomic mass is 32.1. The van der Waals surface area contributed by atoms with Crippen LogP contribution in [-0.2, 0) is 11.2 Å². The quantitative estimate of drug-likeness (QED) is 0.757. The third kappa shape index (κ3) is 4.26. The van der Waals surface area contributed by atoms with E-state index in [0.29, 0.717) is 13.0 Å². The number of halogens is 2. The molecular formula is C11H15F2NOS. The van der Waals surface area contributed by atoms with Crippen LogP contribution in [0.3, 0.4) is 0 Å². The van der Waals surface area contributed by atoms with Crippen molar-refractivity contribution in [1.82, 2.24) is 4.90 Å². The van der Waals surface area contributed by atoms with Crippen molar-refractivity contribution >= 4 is 17.2 Å². The molecule has 1 amide bonds. The molecule has 0 radical (unpaired) electrons. The normalized spacial score (nSPS) is 10.8. The molecule has 0 aliphatic rings. The topological polar surface area (TPSA) is 20.3 Å². The van der Waals surface area contributed by atoms with E-state index < -0.39 is 13.0 Å². The summed E-state index contributed by atoms with van der Waals surface area (Å²) in [6.45, 7) is 1.81. The summed E-state index contributed by atoms with van der Waals surface area (Å²) < 4.78 is 24.5. The van der Waals surface area contributed by atoms with Crippen molar-refractivity contribution in [2.24, 2.45) is 0 Å². The first-order chi connectivity index (χ1) is 7.63. The Hall–Kier alpha value is -0.970. The summed E-state index contributed by atoms with van der Waals surface area (Å²) in [5.41, 5.74) is 0.894. The Morgan fingerprint density at radius 1 is 1.56 bits per heavy atom. The van der Waals surface area contributed by atoms with Gasteiger partial charge < -0.3 is 4.90 Å². The summed E-state index contributed by atoms with van der Waals surface area (Å²) in [5.74, 6) is -0.222. The zero-order valence-corrected chi connectivity index (χ0v) is 9.97. The molecule has 0 aliphatic heterocycles. The third-order valence-electron chi connectivity index (χ3n) is 2.14. The highest BCUT2D eigenvalue weighted by molar-refractivity contribution is 7.07. The molecule has 0 fully saturated rings. The fourth-order valence-corrected chi connectivity index (χ4v) is 2.10. The predicted octanol–water partition coefficient (Wildman–Crippen LogP) is 2.79. The van der Waals surface area contributed by atoms with Crippen LogP contribution >= 0.6 is 11.3 Å². The van der Waals surface area contributed by atoms with Gasteiger partial charge >= 0.3 is 0 Å². The summed E-state index contributed by atoms with van der Waals surface area (Å²) in [4.78, 5) is 13.0. The number of amides is 1. The molecule has 5 heteroatoms. The van der Waals surface area contributed by atoms with Crippen LogP contribution in [0.25, 0.3) is 0 Å². The van der Waals surface area contributed by atoms with Gasteiger partial charge in [0, 0.05) is 6.54 Å². The predicted molar refractivity (Wildman–Crippen MR) is 60.9 cm³/mol. The Kier molecular flexibility index (Phi) is 5.38. The molecule has 1 aromatic rings. The minimum absolute atomic E-state index is 0.218. The van der Waals surface area contributed by atoms with Gasteiger partial charge in [-0.15, -0.1) is 0 Å². The number of rotatable bonds is 6. The molecule has 0 atom stereocenters. The molecule has 0 N–H and O–H groups in total. The molecule has 16 heavy (non-hydrogen) atoms. The number of hydrogen-bond donors (Lipinski definition) is 0. The largest absolute Gasteiger partial charge is 0.337 e. The lowest BCUT2D eigenvalue weighted by atomic mass is 10.2. The molecule has 0 saturated heterocycles. The molecule has 0 spiro atoms. The SMILES string of the molecule is CCCN(CC(F)F)C(=O)Cc1ccsc1. The molecule has 2 nitrogen and oxygen atoms in total. The second-order valence-electron chi connectivity index (χ2n) is 3.54. The summed E-state index contributed by atoms with van der Waals surface area (Å²) in [6, 6.07) is 1.84. The van der Waals surface area contributed by atoms with E-state index in [4.69, 9.17) is 0 Å². The van der Waals surface area contributed by atoms with Gasteiger partial charge in [-0.1, -0.05) is 6.92 Å². The Labute approximate surface area is 97.9 Å². The van der Waals surface area contributed by atoms with Crippen molar-refractivity contribution in [1.29, 1.82) is 0 Å². The number of carbonyl (C=O) groups is 1. The minimum atomic E-state index is -2.46. The van der Waals surface area contributed by atoms with Crippen LogP contribution in [0, 0.1) is 0 Å². The van der Waals surface area contributed by atoms with E-state index in [1.54, 1.807) is 0 Å². The lowest BCUT2D eigenvalue weighted by molar-refractivity contribution is -0.132. The second kappa shape index (κ2) is 6.58. The van der Waals surface area contributed by atoms with Gasteiger partial charge in [-0.05, 0) is 28.8 Å². The van der Waals surface area contributed by atoms with Crippen molar-refractivity contribution < 1.29 is 13.6 Å². The van der Waals surface area contributed by atoms with Crippen molar-refractivity contribution in [3.8, 4) is 0 Å². The van der Waals surface area contributed by atoms with Gasteiger partial charge in [-0.3, -0.25) is 4.79 Å². The van der Waals surface area contributed by atoms with E-state index >= 15 is 0 Å². The number of nitrogens with zero attached hydrogens (tertiary/aromatic N) is 1. The van der Waals surface area contributed by atoms with E-state index in [9.17, 15) is 13.6 Å². The van der Waals surface area contributed by atoms with Gasteiger partial charge in [-0.2, -0.15) is 11.3 Å². The van der Waals surface area contributed by atoms with Gasteiger partial charge in [0.25, 0.3) is 6.43 Å². The monoisotopic (exact) mass is 247 g/mol. The molecule has 0 bridgehead atoms. The zero-order chi connectivity index (χ0) is 12.0. The summed E-state index contributed by atoms with van der Waals surface area (Å²) in [5, 5.41) is 3.74. The average Bonchev–Trinajstić information content (AvgIpc) is 2.69. The zero-order valence-electron chi connectivity index (χ0n) is 9.16. The summed E-state index contributed by atoms with van der Waals surface area (Å²) in [6.07, 6.45) is -1.55. The summed E-state index contributed by atoms with van der Waals surface area (Å²) in [7, 11) is 0. The average molecular weight is 247 g/mol. The van der Waals surface area contributed by atoms with Crippen molar-refractivity contribution in [3.05, 3.63) is 22.4 Å². The van der Waals surface area contributed by atoms with Crippen molar-refractivity contribution in [2.45, 2.75) is 26.2 Å². The number of alkyl halides is 2. The molecule has 0 saturated carbocycles. The molecule has 1 heterocycles. The Morgan fingerprint density at radius 3 is 2.81 bits per heavy atom. The van der Waals surface area contributed by atoms with Gasteiger partial charge in [0.2, 0.25) is 5.91 Å².